The Bertz CT molecular complexity index is 1120. The van der Waals surface area contributed by atoms with Gasteiger partial charge in [-0.05, 0) is 55.0 Å². The van der Waals surface area contributed by atoms with Crippen LogP contribution in [0.4, 0.5) is 0 Å². The molecule has 0 bridgehead atoms. The number of ketones is 1. The number of fused-ring (bicyclic) bond motifs is 1. The van der Waals surface area contributed by atoms with Crippen molar-refractivity contribution in [2.24, 2.45) is 0 Å². The highest BCUT2D eigenvalue weighted by Crippen LogP contribution is 2.29. The molecule has 0 spiro atoms. The minimum absolute atomic E-state index is 0.0344. The van der Waals surface area contributed by atoms with Crippen LogP contribution in [0, 0.1) is 0 Å². The molecule has 2 aromatic carbocycles. The summed E-state index contributed by atoms with van der Waals surface area (Å²) in [5, 5.41) is 0. The van der Waals surface area contributed by atoms with Crippen LogP contribution in [0.1, 0.15) is 17.3 Å². The second kappa shape index (κ2) is 6.44. The number of hydrogen-bond acceptors (Lipinski definition) is 4. The lowest BCUT2D eigenvalue weighted by Gasteiger charge is -2.10. The number of nitrogens with zero attached hydrogens (tertiary/aromatic N) is 3. The fourth-order valence-corrected chi connectivity index (χ4v) is 3.03. The molecule has 2 aromatic heterocycles. The van der Waals surface area contributed by atoms with Crippen LogP contribution in [0.2, 0.25) is 0 Å². The van der Waals surface area contributed by atoms with Crippen LogP contribution in [0.25, 0.3) is 27.8 Å². The highest BCUT2D eigenvalue weighted by Gasteiger charge is 2.10. The summed E-state index contributed by atoms with van der Waals surface area (Å²) in [6.07, 6.45) is 3.48. The van der Waals surface area contributed by atoms with E-state index >= 15 is 0 Å². The first-order chi connectivity index (χ1) is 12.7. The smallest absolute Gasteiger partial charge is 0.221 e. The molecular formula is C21H17N3O2. The van der Waals surface area contributed by atoms with Crippen molar-refractivity contribution < 1.29 is 9.53 Å². The van der Waals surface area contributed by atoms with Crippen molar-refractivity contribution in [1.82, 2.24) is 14.5 Å². The van der Waals surface area contributed by atoms with Crippen LogP contribution in [0.3, 0.4) is 0 Å². The van der Waals surface area contributed by atoms with Crippen molar-refractivity contribution in [2.75, 3.05) is 7.11 Å². The summed E-state index contributed by atoms with van der Waals surface area (Å²) in [5.74, 6) is 0.623. The fourth-order valence-electron chi connectivity index (χ4n) is 3.03. The number of carbonyl (C=O) groups is 1. The Morgan fingerprint density at radius 1 is 1.04 bits per heavy atom. The molecule has 0 unspecified atom stereocenters. The number of carbonyl (C=O) groups excluding carboxylic acids is 1. The fraction of sp³-hybridized carbons (Fsp3) is 0.0952. The molecule has 0 amide bonds. The van der Waals surface area contributed by atoms with Crippen LogP contribution in [0.5, 0.6) is 5.88 Å². The lowest BCUT2D eigenvalue weighted by atomic mass is 10.1. The summed E-state index contributed by atoms with van der Waals surface area (Å²) in [4.78, 5) is 20.3. The molecule has 5 heteroatoms. The van der Waals surface area contributed by atoms with E-state index in [1.54, 1.807) is 26.6 Å². The summed E-state index contributed by atoms with van der Waals surface area (Å²) in [5.41, 5.74) is 5.32. The first-order valence-corrected chi connectivity index (χ1v) is 8.25. The standard InChI is InChI=1S/C21H17N3O2/c1-14(25)15-8-9-20-19(12-15)23-13-24(20)17-6-3-5-16(11-17)18-7-4-10-22-21(18)26-2/h3-13H,1-2H3. The van der Waals surface area contributed by atoms with Gasteiger partial charge in [-0.2, -0.15) is 0 Å². The van der Waals surface area contributed by atoms with Crippen LogP contribution >= 0.6 is 0 Å². The molecule has 0 aliphatic carbocycles. The van der Waals surface area contributed by atoms with Gasteiger partial charge in [0.05, 0.1) is 18.1 Å². The van der Waals surface area contributed by atoms with Gasteiger partial charge in [-0.15, -0.1) is 0 Å². The number of methoxy groups -OCH3 is 1. The third-order valence-electron chi connectivity index (χ3n) is 4.35. The zero-order valence-corrected chi connectivity index (χ0v) is 14.5. The summed E-state index contributed by atoms with van der Waals surface area (Å²) < 4.78 is 7.38. The van der Waals surface area contributed by atoms with E-state index in [1.165, 1.54) is 0 Å². The van der Waals surface area contributed by atoms with E-state index in [4.69, 9.17) is 4.74 Å². The van der Waals surface area contributed by atoms with E-state index < -0.39 is 0 Å². The van der Waals surface area contributed by atoms with Gasteiger partial charge in [0, 0.05) is 23.0 Å². The van der Waals surface area contributed by atoms with Crippen LogP contribution in [-0.4, -0.2) is 27.4 Å². The predicted octanol–water partition coefficient (Wildman–Crippen LogP) is 4.30. The van der Waals surface area contributed by atoms with E-state index in [1.807, 2.05) is 53.1 Å². The van der Waals surface area contributed by atoms with E-state index in [2.05, 4.69) is 16.0 Å². The molecule has 0 fully saturated rings. The van der Waals surface area contributed by atoms with Gasteiger partial charge in [-0.3, -0.25) is 9.36 Å². The van der Waals surface area contributed by atoms with Crippen LogP contribution < -0.4 is 4.74 Å². The summed E-state index contributed by atoms with van der Waals surface area (Å²) in [6.45, 7) is 1.56. The highest BCUT2D eigenvalue weighted by atomic mass is 16.5. The predicted molar refractivity (Wildman–Crippen MR) is 101 cm³/mol. The summed E-state index contributed by atoms with van der Waals surface area (Å²) >= 11 is 0. The number of ether oxygens (including phenoxy) is 1. The number of Topliss-reactive ketones (excluding diaryl/α,β-unsaturated/α-hetero) is 1. The molecular weight excluding hydrogens is 326 g/mol. The van der Waals surface area contributed by atoms with Gasteiger partial charge < -0.3 is 4.74 Å². The number of pyridine rings is 1. The van der Waals surface area contributed by atoms with Crippen molar-refractivity contribution in [1.29, 1.82) is 0 Å². The van der Waals surface area contributed by atoms with Gasteiger partial charge in [0.1, 0.15) is 6.33 Å². The quantitative estimate of drug-likeness (QED) is 0.519. The van der Waals surface area contributed by atoms with E-state index in [0.717, 1.165) is 27.8 Å². The third-order valence-corrected chi connectivity index (χ3v) is 4.35. The highest BCUT2D eigenvalue weighted by molar-refractivity contribution is 5.97. The molecule has 0 aliphatic heterocycles. The van der Waals surface area contributed by atoms with Crippen molar-refractivity contribution in [3.8, 4) is 22.7 Å². The van der Waals surface area contributed by atoms with Crippen molar-refractivity contribution >= 4 is 16.8 Å². The summed E-state index contributed by atoms with van der Waals surface area (Å²) in [6, 6.07) is 17.6. The molecule has 128 valence electrons. The van der Waals surface area contributed by atoms with Crippen molar-refractivity contribution in [3.05, 3.63) is 72.7 Å². The molecule has 5 nitrogen and oxygen atoms in total. The van der Waals surface area contributed by atoms with Crippen LogP contribution in [0.15, 0.2) is 67.1 Å². The Balaban J connectivity index is 1.82. The molecule has 0 radical (unpaired) electrons. The van der Waals surface area contributed by atoms with Gasteiger partial charge in [-0.1, -0.05) is 12.1 Å². The van der Waals surface area contributed by atoms with E-state index in [-0.39, 0.29) is 5.78 Å². The normalized spacial score (nSPS) is 10.8. The molecule has 0 atom stereocenters. The first kappa shape index (κ1) is 16.0. The molecule has 4 rings (SSSR count). The Hall–Kier alpha value is -3.47. The maximum atomic E-state index is 11.6. The van der Waals surface area contributed by atoms with E-state index in [9.17, 15) is 4.79 Å². The monoisotopic (exact) mass is 343 g/mol. The average molecular weight is 343 g/mol. The first-order valence-electron chi connectivity index (χ1n) is 8.25. The molecule has 2 heterocycles. The molecule has 4 aromatic rings. The number of rotatable bonds is 4. The van der Waals surface area contributed by atoms with Gasteiger partial charge in [0.2, 0.25) is 5.88 Å². The Morgan fingerprint density at radius 2 is 1.92 bits per heavy atom. The van der Waals surface area contributed by atoms with Gasteiger partial charge in [0.25, 0.3) is 0 Å². The third kappa shape index (κ3) is 2.73. The maximum absolute atomic E-state index is 11.6. The number of hydrogen-bond donors (Lipinski definition) is 0. The molecule has 0 aliphatic rings. The van der Waals surface area contributed by atoms with Gasteiger partial charge in [0.15, 0.2) is 5.78 Å². The maximum Gasteiger partial charge on any atom is 0.221 e. The second-order valence-corrected chi connectivity index (χ2v) is 5.98. The number of imidazole rings is 1. The van der Waals surface area contributed by atoms with Crippen molar-refractivity contribution in [2.45, 2.75) is 6.92 Å². The lowest BCUT2D eigenvalue weighted by Crippen LogP contribution is -1.95. The largest absolute Gasteiger partial charge is 0.481 e. The Morgan fingerprint density at radius 3 is 2.73 bits per heavy atom. The topological polar surface area (TPSA) is 57.0 Å². The zero-order valence-electron chi connectivity index (χ0n) is 14.5. The Kier molecular flexibility index (Phi) is 3.97. The van der Waals surface area contributed by atoms with Crippen molar-refractivity contribution in [3.63, 3.8) is 0 Å². The average Bonchev–Trinajstić information content (AvgIpc) is 3.11. The van der Waals surface area contributed by atoms with Crippen LogP contribution in [-0.2, 0) is 0 Å². The van der Waals surface area contributed by atoms with E-state index in [0.29, 0.717) is 11.4 Å². The SMILES string of the molecule is COc1ncccc1-c1cccc(-n2cnc3cc(C(C)=O)ccc32)c1. The minimum Gasteiger partial charge on any atom is -0.481 e. The molecule has 0 saturated carbocycles. The zero-order chi connectivity index (χ0) is 18.1. The molecule has 0 saturated heterocycles. The number of benzene rings is 2. The second-order valence-electron chi connectivity index (χ2n) is 5.98. The molecule has 0 N–H and O–H groups in total. The van der Waals surface area contributed by atoms with Gasteiger partial charge in [-0.25, -0.2) is 9.97 Å². The lowest BCUT2D eigenvalue weighted by molar-refractivity contribution is 0.101. The van der Waals surface area contributed by atoms with Gasteiger partial charge >= 0.3 is 0 Å². The molecule has 26 heavy (non-hydrogen) atoms. The Labute approximate surface area is 150 Å². The summed E-state index contributed by atoms with van der Waals surface area (Å²) in [7, 11) is 1.62. The minimum atomic E-state index is 0.0344. The number of aromatic nitrogens is 3.